The Bertz CT molecular complexity index is 1490. The van der Waals surface area contributed by atoms with Crippen LogP contribution < -0.4 is 9.46 Å². The Kier molecular flexibility index (Phi) is 8.41. The molecule has 0 aliphatic carbocycles. The second-order valence-electron chi connectivity index (χ2n) is 7.59. The highest BCUT2D eigenvalue weighted by Gasteiger charge is 2.19. The number of aromatic nitrogens is 4. The zero-order valence-electron chi connectivity index (χ0n) is 19.9. The van der Waals surface area contributed by atoms with Crippen molar-refractivity contribution in [3.63, 3.8) is 0 Å². The van der Waals surface area contributed by atoms with Crippen molar-refractivity contribution in [3.05, 3.63) is 87.4 Å². The Morgan fingerprint density at radius 3 is 2.70 bits per heavy atom. The van der Waals surface area contributed by atoms with Gasteiger partial charge >= 0.3 is 0 Å². The van der Waals surface area contributed by atoms with E-state index in [9.17, 15) is 13.0 Å². The van der Waals surface area contributed by atoms with Crippen LogP contribution in [-0.2, 0) is 18.0 Å². The van der Waals surface area contributed by atoms with Gasteiger partial charge in [-0.05, 0) is 37.6 Å². The molecule has 192 valence electrons. The Labute approximate surface area is 223 Å². The molecule has 0 spiro atoms. The number of aliphatic imine (C=N–C) groups is 1. The maximum absolute atomic E-state index is 14.9. The smallest absolute Gasteiger partial charge is 0.212 e. The van der Waals surface area contributed by atoms with E-state index < -0.39 is 22.8 Å². The van der Waals surface area contributed by atoms with Crippen LogP contribution in [0, 0.1) is 11.8 Å². The molecule has 1 unspecified atom stereocenters. The van der Waals surface area contributed by atoms with E-state index in [0.29, 0.717) is 40.7 Å². The number of halogens is 3. The van der Waals surface area contributed by atoms with Crippen LogP contribution in [0.15, 0.2) is 69.3 Å². The van der Waals surface area contributed by atoms with E-state index in [0.717, 1.165) is 6.07 Å². The third kappa shape index (κ3) is 6.27. The fraction of sp³-hybridized carbons (Fsp3) is 0.167. The van der Waals surface area contributed by atoms with Crippen LogP contribution in [0.25, 0.3) is 5.70 Å². The van der Waals surface area contributed by atoms with Gasteiger partial charge in [0.25, 0.3) is 0 Å². The number of ether oxygens (including phenoxy) is 1. The second kappa shape index (κ2) is 11.7. The topological polar surface area (TPSA) is 94.3 Å². The monoisotopic (exact) mass is 562 g/mol. The number of rotatable bonds is 9. The number of anilines is 1. The number of nitrogens with one attached hydrogen (secondary N) is 1. The molecular weight excluding hydrogens is 542 g/mol. The summed E-state index contributed by atoms with van der Waals surface area (Å²) in [4.78, 5) is 12.3. The van der Waals surface area contributed by atoms with Crippen LogP contribution in [0.1, 0.15) is 31.5 Å². The molecule has 13 heteroatoms. The van der Waals surface area contributed by atoms with E-state index in [-0.39, 0.29) is 15.7 Å². The van der Waals surface area contributed by atoms with Gasteiger partial charge in [0.15, 0.2) is 11.0 Å². The lowest BCUT2D eigenvalue weighted by Crippen LogP contribution is -2.08. The number of hydrogen-bond donors (Lipinski definition) is 1. The molecule has 0 aliphatic rings. The minimum absolute atomic E-state index is 0.0161. The molecule has 37 heavy (non-hydrogen) atoms. The predicted molar refractivity (Wildman–Crippen MR) is 141 cm³/mol. The lowest BCUT2D eigenvalue weighted by molar-refractivity contribution is 0.424. The molecule has 1 N–H and O–H groups in total. The highest BCUT2D eigenvalue weighted by Crippen LogP contribution is 2.33. The van der Waals surface area contributed by atoms with Crippen molar-refractivity contribution < 1.29 is 17.7 Å². The van der Waals surface area contributed by atoms with Crippen LogP contribution >= 0.6 is 22.9 Å². The molecule has 1 aromatic carbocycles. The Balaban J connectivity index is 1.71. The van der Waals surface area contributed by atoms with Crippen molar-refractivity contribution in [2.24, 2.45) is 12.0 Å². The predicted octanol–water partition coefficient (Wildman–Crippen LogP) is 6.00. The van der Waals surface area contributed by atoms with Gasteiger partial charge in [0.2, 0.25) is 5.95 Å². The number of nitrogens with zero attached hydrogens (tertiary/aromatic N) is 5. The summed E-state index contributed by atoms with van der Waals surface area (Å²) in [7, 11) is -0.177. The van der Waals surface area contributed by atoms with Gasteiger partial charge in [0, 0.05) is 42.2 Å². The first-order valence-corrected chi connectivity index (χ1v) is 13.4. The van der Waals surface area contributed by atoms with Crippen LogP contribution in [0.2, 0.25) is 5.02 Å². The van der Waals surface area contributed by atoms with Crippen LogP contribution in [0.5, 0.6) is 5.75 Å². The maximum atomic E-state index is 14.9. The first kappa shape index (κ1) is 26.6. The summed E-state index contributed by atoms with van der Waals surface area (Å²) in [6.45, 7) is 3.57. The van der Waals surface area contributed by atoms with Crippen LogP contribution in [0.4, 0.5) is 14.6 Å². The second-order valence-corrected chi connectivity index (χ2v) is 9.89. The number of pyridine rings is 1. The largest absolute Gasteiger partial charge is 0.458 e. The zero-order valence-corrected chi connectivity index (χ0v) is 22.3. The van der Waals surface area contributed by atoms with Gasteiger partial charge in [-0.15, -0.1) is 11.3 Å². The van der Waals surface area contributed by atoms with E-state index in [1.165, 1.54) is 29.7 Å². The molecular formula is C24H21ClF2N6O2S2. The summed E-state index contributed by atoms with van der Waals surface area (Å²) in [6.07, 6.45) is 3.53. The minimum Gasteiger partial charge on any atom is -0.458 e. The number of aryl methyl sites for hydroxylation is 1. The van der Waals surface area contributed by atoms with Gasteiger partial charge in [0.1, 0.15) is 28.8 Å². The van der Waals surface area contributed by atoms with Gasteiger partial charge in [-0.3, -0.25) is 9.40 Å². The minimum atomic E-state index is -1.92. The number of hydrogen-bond acceptors (Lipinski definition) is 7. The molecule has 4 rings (SSSR count). The molecule has 0 amide bonds. The SMILES string of the molecule is CCC(=N/C(=C(\C)Oc1cc(F)c(S(=O)Nc2cscn2)cc1Cl)c1ccnn1C)c1ccc(F)nc1. The van der Waals surface area contributed by atoms with E-state index in [4.69, 9.17) is 21.3 Å². The zero-order chi connectivity index (χ0) is 26.5. The molecule has 0 bridgehead atoms. The van der Waals surface area contributed by atoms with E-state index in [2.05, 4.69) is 19.8 Å². The average molecular weight is 563 g/mol. The van der Waals surface area contributed by atoms with E-state index in [1.807, 2.05) is 6.92 Å². The summed E-state index contributed by atoms with van der Waals surface area (Å²) in [6, 6.07) is 6.91. The normalized spacial score (nSPS) is 13.3. The van der Waals surface area contributed by atoms with Crippen LogP contribution in [0.3, 0.4) is 0 Å². The molecule has 0 aliphatic heterocycles. The first-order chi connectivity index (χ1) is 17.8. The average Bonchev–Trinajstić information content (AvgIpc) is 3.54. The Morgan fingerprint density at radius 2 is 2.08 bits per heavy atom. The van der Waals surface area contributed by atoms with E-state index in [1.54, 1.807) is 47.9 Å². The summed E-state index contributed by atoms with van der Waals surface area (Å²) in [5.74, 6) is -0.683. The fourth-order valence-corrected chi connectivity index (χ4v) is 5.01. The standard InChI is InChI=1S/C24H21ClF2N6O2S2/c1-4-18(15-5-6-22(27)28-11-15)31-24(19-7-8-30-33(19)3)14(2)35-20-10-17(26)21(9-16(20)25)37(34)32-23-12-36-13-29-23/h5-13,32H,4H2,1-3H3/b24-14+,31-18?. The number of thiazole rings is 1. The number of benzene rings is 1. The summed E-state index contributed by atoms with van der Waals surface area (Å²) in [5, 5.41) is 5.90. The molecule has 0 saturated heterocycles. The third-order valence-electron chi connectivity index (χ3n) is 5.12. The summed E-state index contributed by atoms with van der Waals surface area (Å²) in [5.41, 5.74) is 3.87. The van der Waals surface area contributed by atoms with Crippen molar-refractivity contribution in [1.29, 1.82) is 0 Å². The molecule has 3 heterocycles. The van der Waals surface area contributed by atoms with Crippen molar-refractivity contribution in [2.45, 2.75) is 25.2 Å². The lowest BCUT2D eigenvalue weighted by atomic mass is 10.1. The summed E-state index contributed by atoms with van der Waals surface area (Å²) < 4.78 is 51.1. The Hall–Kier alpha value is -3.48. The molecule has 0 saturated carbocycles. The van der Waals surface area contributed by atoms with Crippen molar-refractivity contribution >= 4 is 51.1 Å². The molecule has 1 atom stereocenters. The van der Waals surface area contributed by atoms with E-state index >= 15 is 0 Å². The quantitative estimate of drug-likeness (QED) is 0.153. The highest BCUT2D eigenvalue weighted by atomic mass is 35.5. The summed E-state index contributed by atoms with van der Waals surface area (Å²) >= 11 is 7.70. The molecule has 0 radical (unpaired) electrons. The molecule has 8 nitrogen and oxygen atoms in total. The van der Waals surface area contributed by atoms with Crippen molar-refractivity contribution in [3.8, 4) is 5.75 Å². The first-order valence-electron chi connectivity index (χ1n) is 10.9. The highest BCUT2D eigenvalue weighted by molar-refractivity contribution is 7.86. The van der Waals surface area contributed by atoms with Crippen molar-refractivity contribution in [1.82, 2.24) is 19.7 Å². The van der Waals surface area contributed by atoms with Crippen LogP contribution in [-0.4, -0.2) is 29.7 Å². The third-order valence-corrected chi connectivity index (χ3v) is 7.11. The van der Waals surface area contributed by atoms with Gasteiger partial charge in [-0.2, -0.15) is 9.49 Å². The molecule has 4 aromatic rings. The molecule has 0 fully saturated rings. The fourth-order valence-electron chi connectivity index (χ4n) is 3.31. The van der Waals surface area contributed by atoms with Gasteiger partial charge in [0.05, 0.1) is 21.1 Å². The van der Waals surface area contributed by atoms with Gasteiger partial charge < -0.3 is 4.74 Å². The van der Waals surface area contributed by atoms with Gasteiger partial charge in [-0.1, -0.05) is 18.5 Å². The number of allylic oxidation sites excluding steroid dienone is 1. The molecule has 3 aromatic heterocycles. The maximum Gasteiger partial charge on any atom is 0.212 e. The van der Waals surface area contributed by atoms with Crippen molar-refractivity contribution in [2.75, 3.05) is 4.72 Å². The Morgan fingerprint density at radius 1 is 1.27 bits per heavy atom. The van der Waals surface area contributed by atoms with Gasteiger partial charge in [-0.25, -0.2) is 23.6 Å². The lowest BCUT2D eigenvalue weighted by Gasteiger charge is -2.14.